The lowest BCUT2D eigenvalue weighted by Gasteiger charge is -2.21. The minimum absolute atomic E-state index is 0.0315. The lowest BCUT2D eigenvalue weighted by atomic mass is 9.86. The summed E-state index contributed by atoms with van der Waals surface area (Å²) in [6.07, 6.45) is -0.564. The second-order valence-corrected chi connectivity index (χ2v) is 5.77. The second-order valence-electron chi connectivity index (χ2n) is 5.77. The summed E-state index contributed by atoms with van der Waals surface area (Å²) in [7, 11) is 0. The highest BCUT2D eigenvalue weighted by molar-refractivity contribution is 5.67. The highest BCUT2D eigenvalue weighted by Gasteiger charge is 2.18. The monoisotopic (exact) mass is 278 g/mol. The highest BCUT2D eigenvalue weighted by Crippen LogP contribution is 2.25. The maximum atomic E-state index is 11.1. The molecule has 4 heteroatoms. The van der Waals surface area contributed by atoms with Crippen molar-refractivity contribution in [1.29, 1.82) is 0 Å². The molecule has 1 unspecified atom stereocenters. The molecule has 0 bridgehead atoms. The molecule has 0 fully saturated rings. The van der Waals surface area contributed by atoms with Crippen LogP contribution in [0.15, 0.2) is 24.3 Å². The molecule has 0 saturated carbocycles. The number of carbonyl (C=O) groups is 2. The van der Waals surface area contributed by atoms with Crippen molar-refractivity contribution in [3.05, 3.63) is 35.4 Å². The van der Waals surface area contributed by atoms with E-state index >= 15 is 0 Å². The molecule has 1 atom stereocenters. The number of ether oxygens (including phenoxy) is 2. The van der Waals surface area contributed by atoms with Gasteiger partial charge in [0.1, 0.15) is 6.61 Å². The summed E-state index contributed by atoms with van der Waals surface area (Å²) < 4.78 is 10.1. The minimum atomic E-state index is -0.564. The summed E-state index contributed by atoms with van der Waals surface area (Å²) in [6.45, 7) is 9.08. The van der Waals surface area contributed by atoms with Crippen LogP contribution >= 0.6 is 0 Å². The van der Waals surface area contributed by atoms with Gasteiger partial charge in [-0.2, -0.15) is 0 Å². The van der Waals surface area contributed by atoms with Gasteiger partial charge in [-0.3, -0.25) is 9.59 Å². The first-order chi connectivity index (χ1) is 9.20. The largest absolute Gasteiger partial charge is 0.462 e. The van der Waals surface area contributed by atoms with Gasteiger partial charge in [0.15, 0.2) is 6.10 Å². The Hall–Kier alpha value is -1.84. The van der Waals surface area contributed by atoms with Crippen molar-refractivity contribution < 1.29 is 19.1 Å². The molecular formula is C16H22O4. The fourth-order valence-electron chi connectivity index (χ4n) is 1.79. The summed E-state index contributed by atoms with van der Waals surface area (Å²) in [5.41, 5.74) is 2.07. The van der Waals surface area contributed by atoms with E-state index in [-0.39, 0.29) is 12.0 Å². The van der Waals surface area contributed by atoms with Gasteiger partial charge in [0, 0.05) is 13.8 Å². The number of esters is 2. The van der Waals surface area contributed by atoms with Crippen LogP contribution in [-0.2, 0) is 24.5 Å². The number of hydrogen-bond donors (Lipinski definition) is 0. The Morgan fingerprint density at radius 1 is 1.05 bits per heavy atom. The van der Waals surface area contributed by atoms with Crippen LogP contribution in [0.5, 0.6) is 0 Å². The van der Waals surface area contributed by atoms with Crippen LogP contribution in [-0.4, -0.2) is 18.5 Å². The Labute approximate surface area is 120 Å². The molecule has 20 heavy (non-hydrogen) atoms. The predicted molar refractivity (Wildman–Crippen MR) is 76.3 cm³/mol. The predicted octanol–water partition coefficient (Wildman–Crippen LogP) is 3.15. The third kappa shape index (κ3) is 5.03. The number of hydrogen-bond acceptors (Lipinski definition) is 4. The van der Waals surface area contributed by atoms with Gasteiger partial charge in [-0.15, -0.1) is 0 Å². The maximum absolute atomic E-state index is 11.1. The van der Waals surface area contributed by atoms with Gasteiger partial charge in [0.2, 0.25) is 0 Å². The quantitative estimate of drug-likeness (QED) is 0.794. The van der Waals surface area contributed by atoms with E-state index in [1.165, 1.54) is 19.4 Å². The van der Waals surface area contributed by atoms with Gasteiger partial charge in [-0.1, -0.05) is 45.0 Å². The lowest BCUT2D eigenvalue weighted by Crippen LogP contribution is -2.17. The van der Waals surface area contributed by atoms with Gasteiger partial charge < -0.3 is 9.47 Å². The Morgan fingerprint density at radius 2 is 1.60 bits per heavy atom. The van der Waals surface area contributed by atoms with E-state index in [4.69, 9.17) is 9.47 Å². The zero-order chi connectivity index (χ0) is 15.3. The number of rotatable bonds is 4. The Kier molecular flexibility index (Phi) is 5.31. The molecule has 0 radical (unpaired) electrons. The zero-order valence-corrected chi connectivity index (χ0v) is 12.7. The molecule has 0 aromatic heterocycles. The zero-order valence-electron chi connectivity index (χ0n) is 12.7. The second kappa shape index (κ2) is 6.55. The summed E-state index contributed by atoms with van der Waals surface area (Å²) >= 11 is 0. The molecule has 0 amide bonds. The van der Waals surface area contributed by atoms with Crippen molar-refractivity contribution in [1.82, 2.24) is 0 Å². The van der Waals surface area contributed by atoms with Crippen LogP contribution in [0, 0.1) is 0 Å². The molecular weight excluding hydrogens is 256 g/mol. The van der Waals surface area contributed by atoms with Crippen LogP contribution < -0.4 is 0 Å². The number of benzene rings is 1. The standard InChI is InChI=1S/C16H22O4/c1-11(17)19-10-15(20-12(2)18)13-6-8-14(9-7-13)16(3,4)5/h6-9,15H,10H2,1-5H3. The first-order valence-corrected chi connectivity index (χ1v) is 6.61. The van der Waals surface area contributed by atoms with Gasteiger partial charge in [-0.25, -0.2) is 0 Å². The Morgan fingerprint density at radius 3 is 2.00 bits per heavy atom. The van der Waals surface area contributed by atoms with Crippen LogP contribution in [0.3, 0.4) is 0 Å². The third-order valence-electron chi connectivity index (χ3n) is 2.89. The molecule has 110 valence electrons. The fraction of sp³-hybridized carbons (Fsp3) is 0.500. The van der Waals surface area contributed by atoms with Gasteiger partial charge in [0.05, 0.1) is 0 Å². The molecule has 0 spiro atoms. The summed E-state index contributed by atoms with van der Waals surface area (Å²) in [5.74, 6) is -0.796. The minimum Gasteiger partial charge on any atom is -0.462 e. The van der Waals surface area contributed by atoms with E-state index in [1.54, 1.807) is 0 Å². The van der Waals surface area contributed by atoms with E-state index in [9.17, 15) is 9.59 Å². The molecule has 0 N–H and O–H groups in total. The van der Waals surface area contributed by atoms with Crippen LogP contribution in [0.2, 0.25) is 0 Å². The van der Waals surface area contributed by atoms with Crippen LogP contribution in [0.1, 0.15) is 51.8 Å². The number of carbonyl (C=O) groups excluding carboxylic acids is 2. The normalized spacial score (nSPS) is 12.7. The van der Waals surface area contributed by atoms with E-state index in [2.05, 4.69) is 20.8 Å². The molecule has 0 heterocycles. The van der Waals surface area contributed by atoms with E-state index in [1.807, 2.05) is 24.3 Å². The van der Waals surface area contributed by atoms with E-state index in [0.29, 0.717) is 0 Å². The average Bonchev–Trinajstić information content (AvgIpc) is 2.33. The maximum Gasteiger partial charge on any atom is 0.303 e. The van der Waals surface area contributed by atoms with E-state index in [0.717, 1.165) is 5.56 Å². The molecule has 0 aliphatic carbocycles. The molecule has 1 rings (SSSR count). The molecule has 1 aromatic carbocycles. The smallest absolute Gasteiger partial charge is 0.303 e. The van der Waals surface area contributed by atoms with Crippen molar-refractivity contribution in [2.24, 2.45) is 0 Å². The fourth-order valence-corrected chi connectivity index (χ4v) is 1.79. The first-order valence-electron chi connectivity index (χ1n) is 6.61. The van der Waals surface area contributed by atoms with Gasteiger partial charge >= 0.3 is 11.9 Å². The van der Waals surface area contributed by atoms with Gasteiger partial charge in [-0.05, 0) is 16.5 Å². The van der Waals surface area contributed by atoms with Gasteiger partial charge in [0.25, 0.3) is 0 Å². The van der Waals surface area contributed by atoms with E-state index < -0.39 is 18.0 Å². The lowest BCUT2D eigenvalue weighted by molar-refractivity contribution is -0.156. The molecule has 4 nitrogen and oxygen atoms in total. The topological polar surface area (TPSA) is 52.6 Å². The average molecular weight is 278 g/mol. The summed E-state index contributed by atoms with van der Waals surface area (Å²) in [5, 5.41) is 0. The summed E-state index contributed by atoms with van der Waals surface area (Å²) in [4.78, 5) is 22.0. The van der Waals surface area contributed by atoms with Crippen molar-refractivity contribution in [2.45, 2.75) is 46.1 Å². The molecule has 0 aliphatic rings. The molecule has 0 saturated heterocycles. The third-order valence-corrected chi connectivity index (χ3v) is 2.89. The van der Waals surface area contributed by atoms with Crippen molar-refractivity contribution in [3.8, 4) is 0 Å². The SMILES string of the molecule is CC(=O)OCC(OC(C)=O)c1ccc(C(C)(C)C)cc1. The van der Waals surface area contributed by atoms with Crippen LogP contribution in [0.25, 0.3) is 0 Å². The van der Waals surface area contributed by atoms with Crippen molar-refractivity contribution in [3.63, 3.8) is 0 Å². The highest BCUT2D eigenvalue weighted by atomic mass is 16.6. The Bertz CT molecular complexity index is 468. The van der Waals surface area contributed by atoms with Crippen molar-refractivity contribution in [2.75, 3.05) is 6.61 Å². The Balaban J connectivity index is 2.90. The van der Waals surface area contributed by atoms with Crippen LogP contribution in [0.4, 0.5) is 0 Å². The first kappa shape index (κ1) is 16.2. The molecule has 1 aromatic rings. The van der Waals surface area contributed by atoms with Crippen molar-refractivity contribution >= 4 is 11.9 Å². The summed E-state index contributed by atoms with van der Waals surface area (Å²) in [6, 6.07) is 7.80. The molecule has 0 aliphatic heterocycles.